The van der Waals surface area contributed by atoms with Gasteiger partial charge in [-0.05, 0) is 37.6 Å². The zero-order valence-electron chi connectivity index (χ0n) is 11.0. The molecule has 1 aliphatic heterocycles. The van der Waals surface area contributed by atoms with E-state index in [1.54, 1.807) is 0 Å². The lowest BCUT2D eigenvalue weighted by atomic mass is 9.81. The summed E-state index contributed by atoms with van der Waals surface area (Å²) in [5.41, 5.74) is 0. The number of amides is 1. The summed E-state index contributed by atoms with van der Waals surface area (Å²) in [5.74, 6) is 2.23. The highest BCUT2D eigenvalue weighted by Crippen LogP contribution is 2.30. The minimum Gasteiger partial charge on any atom is -0.356 e. The Labute approximate surface area is 105 Å². The second-order valence-corrected chi connectivity index (χ2v) is 5.91. The van der Waals surface area contributed by atoms with Crippen molar-refractivity contribution in [3.05, 3.63) is 0 Å². The van der Waals surface area contributed by atoms with Crippen molar-refractivity contribution >= 4 is 5.91 Å². The normalized spacial score (nSPS) is 33.6. The van der Waals surface area contributed by atoms with Crippen molar-refractivity contribution in [1.82, 2.24) is 10.6 Å². The average molecular weight is 238 g/mol. The molecule has 1 heterocycles. The molecule has 1 saturated heterocycles. The van der Waals surface area contributed by atoms with Crippen LogP contribution in [0.25, 0.3) is 0 Å². The molecule has 1 saturated carbocycles. The molecule has 0 aromatic carbocycles. The van der Waals surface area contributed by atoms with E-state index >= 15 is 0 Å². The molecule has 2 fully saturated rings. The number of nitrogens with one attached hydrogen (secondary N) is 2. The molecule has 17 heavy (non-hydrogen) atoms. The molecule has 3 atom stereocenters. The van der Waals surface area contributed by atoms with Gasteiger partial charge in [0.2, 0.25) is 5.91 Å². The van der Waals surface area contributed by atoms with Crippen molar-refractivity contribution in [2.45, 2.75) is 45.4 Å². The monoisotopic (exact) mass is 238 g/mol. The Balaban J connectivity index is 1.60. The van der Waals surface area contributed by atoms with Crippen molar-refractivity contribution in [1.29, 1.82) is 0 Å². The first kappa shape index (κ1) is 12.9. The highest BCUT2D eigenvalue weighted by molar-refractivity contribution is 5.79. The molecule has 98 valence electrons. The molecule has 1 aliphatic carbocycles. The number of carbonyl (C=O) groups is 1. The number of carbonyl (C=O) groups excluding carboxylic acids is 1. The first-order valence-corrected chi connectivity index (χ1v) is 7.24. The molecule has 0 aromatic rings. The molecule has 0 spiro atoms. The van der Waals surface area contributed by atoms with Crippen LogP contribution >= 0.6 is 0 Å². The quantitative estimate of drug-likeness (QED) is 0.786. The van der Waals surface area contributed by atoms with Gasteiger partial charge >= 0.3 is 0 Å². The lowest BCUT2D eigenvalue weighted by Crippen LogP contribution is -2.33. The van der Waals surface area contributed by atoms with E-state index in [1.807, 2.05) is 0 Å². The van der Waals surface area contributed by atoms with Crippen LogP contribution in [-0.4, -0.2) is 25.5 Å². The van der Waals surface area contributed by atoms with Crippen LogP contribution in [0.15, 0.2) is 0 Å². The number of hydrogen-bond acceptors (Lipinski definition) is 2. The van der Waals surface area contributed by atoms with Crippen LogP contribution in [0.5, 0.6) is 0 Å². The average Bonchev–Trinajstić information content (AvgIpc) is 2.82. The number of hydrogen-bond donors (Lipinski definition) is 2. The van der Waals surface area contributed by atoms with Crippen LogP contribution in [0.4, 0.5) is 0 Å². The van der Waals surface area contributed by atoms with Crippen LogP contribution in [0.1, 0.15) is 45.4 Å². The molecular weight excluding hydrogens is 212 g/mol. The minimum absolute atomic E-state index is 0.222. The largest absolute Gasteiger partial charge is 0.356 e. The lowest BCUT2D eigenvalue weighted by molar-refractivity contribution is -0.124. The van der Waals surface area contributed by atoms with Crippen molar-refractivity contribution in [2.24, 2.45) is 17.8 Å². The Bertz CT molecular complexity index is 249. The fourth-order valence-electron chi connectivity index (χ4n) is 3.24. The molecule has 3 heteroatoms. The second-order valence-electron chi connectivity index (χ2n) is 5.91. The summed E-state index contributed by atoms with van der Waals surface area (Å²) >= 11 is 0. The van der Waals surface area contributed by atoms with E-state index < -0.39 is 0 Å². The van der Waals surface area contributed by atoms with Crippen LogP contribution < -0.4 is 10.6 Å². The Morgan fingerprint density at radius 2 is 2.24 bits per heavy atom. The van der Waals surface area contributed by atoms with Gasteiger partial charge in [-0.1, -0.05) is 26.2 Å². The first-order chi connectivity index (χ1) is 8.25. The molecule has 3 unspecified atom stereocenters. The topological polar surface area (TPSA) is 41.1 Å². The zero-order valence-corrected chi connectivity index (χ0v) is 11.0. The van der Waals surface area contributed by atoms with Crippen molar-refractivity contribution in [2.75, 3.05) is 19.6 Å². The van der Waals surface area contributed by atoms with Gasteiger partial charge in [0.25, 0.3) is 0 Å². The van der Waals surface area contributed by atoms with Gasteiger partial charge in [-0.25, -0.2) is 0 Å². The standard InChI is InChI=1S/C14H26N2O/c1-11-3-2-4-12(9-11)5-8-16-14(17)13-6-7-15-10-13/h11-13,15H,2-10H2,1H3,(H,16,17). The molecule has 0 bridgehead atoms. The third-order valence-corrected chi connectivity index (χ3v) is 4.33. The Kier molecular flexibility index (Phi) is 4.84. The molecule has 2 N–H and O–H groups in total. The highest BCUT2D eigenvalue weighted by atomic mass is 16.1. The molecular formula is C14H26N2O. The van der Waals surface area contributed by atoms with Crippen LogP contribution in [-0.2, 0) is 4.79 Å². The Morgan fingerprint density at radius 1 is 1.35 bits per heavy atom. The van der Waals surface area contributed by atoms with Gasteiger partial charge in [-0.2, -0.15) is 0 Å². The SMILES string of the molecule is CC1CCCC(CCNC(=O)C2CCNC2)C1. The molecule has 0 aromatic heterocycles. The Hall–Kier alpha value is -0.570. The lowest BCUT2D eigenvalue weighted by Gasteiger charge is -2.26. The Morgan fingerprint density at radius 3 is 2.94 bits per heavy atom. The summed E-state index contributed by atoms with van der Waals surface area (Å²) in [4.78, 5) is 11.8. The van der Waals surface area contributed by atoms with E-state index in [0.717, 1.165) is 37.9 Å². The highest BCUT2D eigenvalue weighted by Gasteiger charge is 2.23. The first-order valence-electron chi connectivity index (χ1n) is 7.24. The summed E-state index contributed by atoms with van der Waals surface area (Å²) in [6.07, 6.45) is 7.69. The molecule has 3 nitrogen and oxygen atoms in total. The van der Waals surface area contributed by atoms with Gasteiger partial charge in [0.15, 0.2) is 0 Å². The maximum absolute atomic E-state index is 11.8. The maximum Gasteiger partial charge on any atom is 0.224 e. The fourth-order valence-corrected chi connectivity index (χ4v) is 3.24. The summed E-state index contributed by atoms with van der Waals surface area (Å²) in [7, 11) is 0. The van der Waals surface area contributed by atoms with E-state index in [4.69, 9.17) is 0 Å². The summed E-state index contributed by atoms with van der Waals surface area (Å²) in [5, 5.41) is 6.35. The minimum atomic E-state index is 0.222. The molecule has 2 rings (SSSR count). The zero-order chi connectivity index (χ0) is 12.1. The maximum atomic E-state index is 11.8. The third-order valence-electron chi connectivity index (χ3n) is 4.33. The predicted molar refractivity (Wildman–Crippen MR) is 69.7 cm³/mol. The van der Waals surface area contributed by atoms with Crippen molar-refractivity contribution < 1.29 is 4.79 Å². The number of rotatable bonds is 4. The van der Waals surface area contributed by atoms with E-state index in [0.29, 0.717) is 0 Å². The predicted octanol–water partition coefficient (Wildman–Crippen LogP) is 1.93. The van der Waals surface area contributed by atoms with Crippen LogP contribution in [0.3, 0.4) is 0 Å². The van der Waals surface area contributed by atoms with Gasteiger partial charge in [0.05, 0.1) is 5.92 Å². The molecule has 2 aliphatic rings. The van der Waals surface area contributed by atoms with Crippen LogP contribution in [0, 0.1) is 17.8 Å². The van der Waals surface area contributed by atoms with E-state index in [1.165, 1.54) is 32.1 Å². The smallest absolute Gasteiger partial charge is 0.224 e. The summed E-state index contributed by atoms with van der Waals surface area (Å²) in [6.45, 7) is 5.10. The second kappa shape index (κ2) is 6.39. The van der Waals surface area contributed by atoms with Gasteiger partial charge in [-0.3, -0.25) is 4.79 Å². The van der Waals surface area contributed by atoms with Gasteiger partial charge < -0.3 is 10.6 Å². The van der Waals surface area contributed by atoms with Crippen LogP contribution in [0.2, 0.25) is 0 Å². The van der Waals surface area contributed by atoms with E-state index in [9.17, 15) is 4.79 Å². The van der Waals surface area contributed by atoms with Gasteiger partial charge in [0.1, 0.15) is 0 Å². The van der Waals surface area contributed by atoms with Crippen molar-refractivity contribution in [3.63, 3.8) is 0 Å². The fraction of sp³-hybridized carbons (Fsp3) is 0.929. The molecule has 1 amide bonds. The van der Waals surface area contributed by atoms with E-state index in [-0.39, 0.29) is 11.8 Å². The van der Waals surface area contributed by atoms with Gasteiger partial charge in [0, 0.05) is 13.1 Å². The summed E-state index contributed by atoms with van der Waals surface area (Å²) < 4.78 is 0. The van der Waals surface area contributed by atoms with Crippen molar-refractivity contribution in [3.8, 4) is 0 Å². The van der Waals surface area contributed by atoms with E-state index in [2.05, 4.69) is 17.6 Å². The molecule has 0 radical (unpaired) electrons. The van der Waals surface area contributed by atoms with Gasteiger partial charge in [-0.15, -0.1) is 0 Å². The summed E-state index contributed by atoms with van der Waals surface area (Å²) in [6, 6.07) is 0. The third kappa shape index (κ3) is 3.98.